The molecule has 0 fully saturated rings. The first-order valence-electron chi connectivity index (χ1n) is 13.9. The number of amides is 1. The van der Waals surface area contributed by atoms with Crippen LogP contribution in [0.1, 0.15) is 27.2 Å². The van der Waals surface area contributed by atoms with Gasteiger partial charge in [-0.15, -0.1) is 0 Å². The highest BCUT2D eigenvalue weighted by Crippen LogP contribution is 2.29. The van der Waals surface area contributed by atoms with Crippen molar-refractivity contribution in [3.63, 3.8) is 0 Å². The van der Waals surface area contributed by atoms with E-state index in [0.29, 0.717) is 34.5 Å². The molecule has 0 aliphatic carbocycles. The lowest BCUT2D eigenvalue weighted by Crippen LogP contribution is -2.22. The van der Waals surface area contributed by atoms with E-state index in [2.05, 4.69) is 28.4 Å². The number of nitrogens with one attached hydrogen (secondary N) is 1. The molecule has 0 aliphatic rings. The molecule has 5 aromatic rings. The summed E-state index contributed by atoms with van der Waals surface area (Å²) in [6, 6.07) is 29.4. The number of furan rings is 1. The molecule has 8 nitrogen and oxygen atoms in total. The zero-order valence-corrected chi connectivity index (χ0v) is 25.3. The summed E-state index contributed by atoms with van der Waals surface area (Å²) in [4.78, 5) is 24.4. The van der Waals surface area contributed by atoms with E-state index in [9.17, 15) is 4.79 Å². The Labute approximate surface area is 256 Å². The molecule has 220 valence electrons. The summed E-state index contributed by atoms with van der Waals surface area (Å²) in [7, 11) is 5.33. The van der Waals surface area contributed by atoms with Crippen LogP contribution >= 0.6 is 11.8 Å². The van der Waals surface area contributed by atoms with Crippen molar-refractivity contribution in [3.8, 4) is 22.8 Å². The van der Waals surface area contributed by atoms with Crippen LogP contribution in [0.3, 0.4) is 0 Å². The third-order valence-electron chi connectivity index (χ3n) is 6.92. The van der Waals surface area contributed by atoms with Gasteiger partial charge in [-0.25, -0.2) is 9.97 Å². The van der Waals surface area contributed by atoms with Gasteiger partial charge in [0.05, 0.1) is 32.7 Å². The number of anilines is 1. The van der Waals surface area contributed by atoms with Gasteiger partial charge in [0.2, 0.25) is 0 Å². The number of thioether (sulfide) groups is 1. The van der Waals surface area contributed by atoms with Crippen molar-refractivity contribution in [2.45, 2.75) is 23.9 Å². The van der Waals surface area contributed by atoms with Crippen molar-refractivity contribution in [2.75, 3.05) is 32.7 Å². The molecule has 0 aliphatic heterocycles. The fourth-order valence-electron chi connectivity index (χ4n) is 4.46. The molecule has 9 heteroatoms. The van der Waals surface area contributed by atoms with Crippen LogP contribution in [0.15, 0.2) is 107 Å². The molecule has 3 aromatic carbocycles. The number of aromatic nitrogens is 2. The van der Waals surface area contributed by atoms with Gasteiger partial charge in [0.15, 0.2) is 16.7 Å². The third-order valence-corrected chi connectivity index (χ3v) is 7.84. The Morgan fingerprint density at radius 1 is 0.884 bits per heavy atom. The van der Waals surface area contributed by atoms with Crippen LogP contribution in [0.4, 0.5) is 5.82 Å². The van der Waals surface area contributed by atoms with Crippen LogP contribution in [0, 0.1) is 0 Å². The molecule has 2 heterocycles. The van der Waals surface area contributed by atoms with Crippen LogP contribution in [-0.4, -0.2) is 43.7 Å². The van der Waals surface area contributed by atoms with Crippen molar-refractivity contribution in [1.29, 1.82) is 0 Å². The Kier molecular flexibility index (Phi) is 9.97. The molecule has 0 bridgehead atoms. The van der Waals surface area contributed by atoms with Crippen molar-refractivity contribution < 1.29 is 18.7 Å². The quantitative estimate of drug-likeness (QED) is 0.120. The monoisotopic (exact) mass is 594 g/mol. The molecule has 1 amide bonds. The van der Waals surface area contributed by atoms with E-state index >= 15 is 0 Å². The van der Waals surface area contributed by atoms with Crippen LogP contribution < -0.4 is 19.7 Å². The molecule has 2 aromatic heterocycles. The predicted octanol–water partition coefficient (Wildman–Crippen LogP) is 6.66. The Morgan fingerprint density at radius 2 is 1.65 bits per heavy atom. The second-order valence-corrected chi connectivity index (χ2v) is 10.8. The summed E-state index contributed by atoms with van der Waals surface area (Å²) in [6.45, 7) is 1.11. The highest BCUT2D eigenvalue weighted by atomic mass is 32.2. The second-order valence-electron chi connectivity index (χ2n) is 9.87. The smallest absolute Gasteiger partial charge is 0.251 e. The summed E-state index contributed by atoms with van der Waals surface area (Å²) in [5.41, 5.74) is 4.72. The van der Waals surface area contributed by atoms with E-state index in [1.807, 2.05) is 73.8 Å². The summed E-state index contributed by atoms with van der Waals surface area (Å²) >= 11 is 1.57. The van der Waals surface area contributed by atoms with Crippen molar-refractivity contribution in [3.05, 3.63) is 120 Å². The zero-order chi connectivity index (χ0) is 30.0. The van der Waals surface area contributed by atoms with Gasteiger partial charge in [-0.1, -0.05) is 60.3 Å². The lowest BCUT2D eigenvalue weighted by atomic mass is 10.1. The van der Waals surface area contributed by atoms with E-state index in [1.165, 1.54) is 0 Å². The van der Waals surface area contributed by atoms with Crippen LogP contribution in [0.5, 0.6) is 11.5 Å². The number of nitrogens with zero attached hydrogens (tertiary/aromatic N) is 3. The minimum atomic E-state index is -0.143. The molecule has 5 rings (SSSR count). The molecular weight excluding hydrogens is 560 g/mol. The van der Waals surface area contributed by atoms with Gasteiger partial charge in [0.1, 0.15) is 11.6 Å². The van der Waals surface area contributed by atoms with Crippen molar-refractivity contribution in [1.82, 2.24) is 15.3 Å². The summed E-state index contributed by atoms with van der Waals surface area (Å²) in [5, 5.41) is 3.56. The number of rotatable bonds is 13. The van der Waals surface area contributed by atoms with Gasteiger partial charge in [0.25, 0.3) is 5.91 Å². The van der Waals surface area contributed by atoms with Crippen LogP contribution in [-0.2, 0) is 18.7 Å². The van der Waals surface area contributed by atoms with Gasteiger partial charge < -0.3 is 24.1 Å². The maximum absolute atomic E-state index is 12.5. The lowest BCUT2D eigenvalue weighted by Gasteiger charge is -2.20. The highest BCUT2D eigenvalue weighted by Gasteiger charge is 2.13. The van der Waals surface area contributed by atoms with Gasteiger partial charge in [-0.3, -0.25) is 4.79 Å². The largest absolute Gasteiger partial charge is 0.493 e. The van der Waals surface area contributed by atoms with Gasteiger partial charge >= 0.3 is 0 Å². The first-order valence-corrected chi connectivity index (χ1v) is 14.9. The number of methoxy groups -OCH3 is 2. The van der Waals surface area contributed by atoms with Crippen LogP contribution in [0.2, 0.25) is 0 Å². The maximum Gasteiger partial charge on any atom is 0.251 e. The molecule has 0 spiro atoms. The molecule has 0 unspecified atom stereocenters. The minimum absolute atomic E-state index is 0.143. The van der Waals surface area contributed by atoms with Crippen LogP contribution in [0.25, 0.3) is 11.3 Å². The van der Waals surface area contributed by atoms with Gasteiger partial charge in [0, 0.05) is 36.5 Å². The first kappa shape index (κ1) is 29.7. The average Bonchev–Trinajstić information content (AvgIpc) is 3.59. The van der Waals surface area contributed by atoms with E-state index in [1.54, 1.807) is 38.3 Å². The molecule has 0 saturated carbocycles. The molecule has 0 saturated heterocycles. The average molecular weight is 595 g/mol. The number of hydrogen-bond donors (Lipinski definition) is 1. The van der Waals surface area contributed by atoms with Gasteiger partial charge in [-0.2, -0.15) is 0 Å². The van der Waals surface area contributed by atoms with E-state index in [-0.39, 0.29) is 5.91 Å². The number of carbonyl (C=O) groups is 1. The normalized spacial score (nSPS) is 10.8. The van der Waals surface area contributed by atoms with E-state index in [0.717, 1.165) is 46.9 Å². The van der Waals surface area contributed by atoms with Crippen molar-refractivity contribution in [2.24, 2.45) is 0 Å². The first-order chi connectivity index (χ1) is 21.0. The van der Waals surface area contributed by atoms with E-state index < -0.39 is 0 Å². The Morgan fingerprint density at radius 3 is 2.37 bits per heavy atom. The maximum atomic E-state index is 12.5. The topological polar surface area (TPSA) is 89.7 Å². The van der Waals surface area contributed by atoms with Gasteiger partial charge in [-0.05, 0) is 53.9 Å². The third kappa shape index (κ3) is 7.96. The standard InChI is InChI=1S/C34H34N4O4S/c1-38(18-17-24-13-16-30(40-2)31(20-24)41-3)32-21-29(26-8-5-4-6-9-26)36-34(37-32)43-23-25-11-14-27(15-12-25)33(39)35-22-28-10-7-19-42-28/h4-16,19-21H,17-18,22-23H2,1-3H3,(H,35,39). The van der Waals surface area contributed by atoms with E-state index in [4.69, 9.17) is 23.9 Å². The summed E-state index contributed by atoms with van der Waals surface area (Å²) in [6.07, 6.45) is 2.40. The molecule has 43 heavy (non-hydrogen) atoms. The van der Waals surface area contributed by atoms with Crippen molar-refractivity contribution >= 4 is 23.5 Å². The molecular formula is C34H34N4O4S. The Bertz CT molecular complexity index is 1630. The summed E-state index contributed by atoms with van der Waals surface area (Å²) < 4.78 is 16.1. The fraction of sp³-hybridized carbons (Fsp3) is 0.206. The second kappa shape index (κ2) is 14.4. The molecule has 0 radical (unpaired) electrons. The minimum Gasteiger partial charge on any atom is -0.493 e. The highest BCUT2D eigenvalue weighted by molar-refractivity contribution is 7.98. The molecule has 1 N–H and O–H groups in total. The predicted molar refractivity (Wildman–Crippen MR) is 170 cm³/mol. The number of likely N-dealkylation sites (N-methyl/N-ethyl adjacent to an activating group) is 1. The Balaban J connectivity index is 1.27. The number of ether oxygens (including phenoxy) is 2. The molecule has 0 atom stereocenters. The summed E-state index contributed by atoms with van der Waals surface area (Å²) in [5.74, 6) is 3.52. The number of hydrogen-bond acceptors (Lipinski definition) is 8. The Hall–Kier alpha value is -4.76. The zero-order valence-electron chi connectivity index (χ0n) is 24.4. The number of benzene rings is 3. The lowest BCUT2D eigenvalue weighted by molar-refractivity contribution is 0.0948. The fourth-order valence-corrected chi connectivity index (χ4v) is 5.27. The SMILES string of the molecule is COc1ccc(CCN(C)c2cc(-c3ccccc3)nc(SCc3ccc(C(=O)NCc4ccco4)cc3)n2)cc1OC. The number of carbonyl (C=O) groups excluding carboxylic acids is 1.